The van der Waals surface area contributed by atoms with Gasteiger partial charge in [0.05, 0.1) is 11.6 Å². The summed E-state index contributed by atoms with van der Waals surface area (Å²) in [4.78, 5) is 24.6. The van der Waals surface area contributed by atoms with Crippen LogP contribution in [0.1, 0.15) is 52.5 Å². The van der Waals surface area contributed by atoms with Crippen molar-refractivity contribution in [2.45, 2.75) is 65.2 Å². The van der Waals surface area contributed by atoms with Crippen LogP contribution in [0, 0.1) is 23.2 Å². The van der Waals surface area contributed by atoms with Crippen LogP contribution >= 0.6 is 0 Å². The van der Waals surface area contributed by atoms with Crippen LogP contribution in [0.15, 0.2) is 24.3 Å². The van der Waals surface area contributed by atoms with Gasteiger partial charge in [0, 0.05) is 6.04 Å². The quantitative estimate of drug-likeness (QED) is 0.775. The molecule has 1 N–H and O–H groups in total. The number of nitriles is 1. The van der Waals surface area contributed by atoms with E-state index in [4.69, 9.17) is 14.7 Å². The fourth-order valence-corrected chi connectivity index (χ4v) is 3.27. The van der Waals surface area contributed by atoms with Crippen molar-refractivity contribution in [3.8, 4) is 11.8 Å². The third kappa shape index (κ3) is 5.72. The molecule has 0 spiro atoms. The van der Waals surface area contributed by atoms with Gasteiger partial charge in [0.25, 0.3) is 5.91 Å². The fourth-order valence-electron chi connectivity index (χ4n) is 3.27. The molecule has 0 unspecified atom stereocenters. The van der Waals surface area contributed by atoms with E-state index in [1.807, 2.05) is 6.07 Å². The molecule has 146 valence electrons. The number of ether oxygens (including phenoxy) is 2. The predicted octanol–water partition coefficient (Wildman–Crippen LogP) is 3.20. The first-order chi connectivity index (χ1) is 12.8. The summed E-state index contributed by atoms with van der Waals surface area (Å²) in [7, 11) is 0. The van der Waals surface area contributed by atoms with Crippen molar-refractivity contribution < 1.29 is 19.1 Å². The van der Waals surface area contributed by atoms with E-state index in [2.05, 4.69) is 19.2 Å². The summed E-state index contributed by atoms with van der Waals surface area (Å²) >= 11 is 0. The number of nitrogens with zero attached hydrogens (tertiary/aromatic N) is 1. The van der Waals surface area contributed by atoms with E-state index in [-0.39, 0.29) is 11.9 Å². The second-order valence-electron chi connectivity index (χ2n) is 7.36. The van der Waals surface area contributed by atoms with Crippen LogP contribution in [0.2, 0.25) is 0 Å². The minimum atomic E-state index is -0.881. The first kappa shape index (κ1) is 20.8. The standard InChI is InChI=1S/C21H28N2O4/c1-13-6-5-7-19(14(13)2)23-20(24)15(3)27-21(25)16(4)26-18-10-8-17(12-22)9-11-18/h8-11,13-16,19H,5-7H2,1-4H3,(H,23,24)/t13-,14-,15-,16-,19-/m1/s1. The van der Waals surface area contributed by atoms with Crippen LogP contribution in [-0.2, 0) is 14.3 Å². The van der Waals surface area contributed by atoms with Crippen molar-refractivity contribution in [3.05, 3.63) is 29.8 Å². The van der Waals surface area contributed by atoms with E-state index in [9.17, 15) is 9.59 Å². The van der Waals surface area contributed by atoms with Crippen molar-refractivity contribution in [2.75, 3.05) is 0 Å². The van der Waals surface area contributed by atoms with Gasteiger partial charge >= 0.3 is 5.97 Å². The van der Waals surface area contributed by atoms with Crippen molar-refractivity contribution in [1.82, 2.24) is 5.32 Å². The van der Waals surface area contributed by atoms with Crippen molar-refractivity contribution in [2.24, 2.45) is 11.8 Å². The lowest BCUT2D eigenvalue weighted by molar-refractivity contribution is -0.161. The first-order valence-corrected chi connectivity index (χ1v) is 9.49. The zero-order chi connectivity index (χ0) is 20.0. The summed E-state index contributed by atoms with van der Waals surface area (Å²) < 4.78 is 10.8. The Kier molecular flexibility index (Phi) is 7.23. The molecule has 1 amide bonds. The Hall–Kier alpha value is -2.55. The number of hydrogen-bond acceptors (Lipinski definition) is 5. The second-order valence-corrected chi connectivity index (χ2v) is 7.36. The number of rotatable bonds is 6. The van der Waals surface area contributed by atoms with Gasteiger partial charge in [-0.05, 0) is 56.4 Å². The second kappa shape index (κ2) is 9.40. The van der Waals surface area contributed by atoms with Gasteiger partial charge in [-0.25, -0.2) is 4.79 Å². The molecular formula is C21H28N2O4. The van der Waals surface area contributed by atoms with Gasteiger partial charge in [-0.1, -0.05) is 26.7 Å². The van der Waals surface area contributed by atoms with Gasteiger partial charge in [-0.2, -0.15) is 5.26 Å². The molecule has 0 aliphatic heterocycles. The van der Waals surface area contributed by atoms with E-state index in [1.54, 1.807) is 38.1 Å². The summed E-state index contributed by atoms with van der Waals surface area (Å²) in [6.45, 7) is 7.49. The van der Waals surface area contributed by atoms with Crippen LogP contribution in [0.25, 0.3) is 0 Å². The van der Waals surface area contributed by atoms with E-state index < -0.39 is 18.2 Å². The normalized spacial score (nSPS) is 24.2. The van der Waals surface area contributed by atoms with Gasteiger partial charge in [-0.15, -0.1) is 0 Å². The Balaban J connectivity index is 1.84. The van der Waals surface area contributed by atoms with Crippen molar-refractivity contribution >= 4 is 11.9 Å². The molecule has 6 heteroatoms. The molecule has 0 radical (unpaired) electrons. The molecule has 27 heavy (non-hydrogen) atoms. The molecule has 0 bridgehead atoms. The van der Waals surface area contributed by atoms with Gasteiger partial charge in [0.1, 0.15) is 5.75 Å². The lowest BCUT2D eigenvalue weighted by atomic mass is 9.78. The first-order valence-electron chi connectivity index (χ1n) is 9.49. The van der Waals surface area contributed by atoms with E-state index in [1.165, 1.54) is 6.42 Å². The molecular weight excluding hydrogens is 344 g/mol. The Bertz CT molecular complexity index is 695. The highest BCUT2D eigenvalue weighted by molar-refractivity contribution is 5.84. The van der Waals surface area contributed by atoms with E-state index in [0.717, 1.165) is 12.8 Å². The van der Waals surface area contributed by atoms with Gasteiger partial charge in [0.15, 0.2) is 12.2 Å². The Morgan fingerprint density at radius 1 is 1.15 bits per heavy atom. The molecule has 6 nitrogen and oxygen atoms in total. The minimum Gasteiger partial charge on any atom is -0.479 e. The van der Waals surface area contributed by atoms with E-state index in [0.29, 0.717) is 23.1 Å². The lowest BCUT2D eigenvalue weighted by Gasteiger charge is -2.35. The monoisotopic (exact) mass is 372 g/mol. The minimum absolute atomic E-state index is 0.120. The summed E-state index contributed by atoms with van der Waals surface area (Å²) in [6.07, 6.45) is 1.49. The number of benzene rings is 1. The van der Waals surface area contributed by atoms with Crippen LogP contribution in [0.3, 0.4) is 0 Å². The van der Waals surface area contributed by atoms with Crippen LogP contribution in [0.5, 0.6) is 5.75 Å². The van der Waals surface area contributed by atoms with Crippen LogP contribution in [0.4, 0.5) is 0 Å². The highest BCUT2D eigenvalue weighted by Crippen LogP contribution is 2.29. The summed E-state index contributed by atoms with van der Waals surface area (Å²) in [5.41, 5.74) is 0.508. The maximum Gasteiger partial charge on any atom is 0.347 e. The zero-order valence-electron chi connectivity index (χ0n) is 16.4. The zero-order valence-corrected chi connectivity index (χ0v) is 16.4. The highest BCUT2D eigenvalue weighted by Gasteiger charge is 2.30. The smallest absolute Gasteiger partial charge is 0.347 e. The molecule has 0 aromatic heterocycles. The maximum atomic E-state index is 12.4. The molecule has 1 aliphatic rings. The van der Waals surface area contributed by atoms with Crippen molar-refractivity contribution in [1.29, 1.82) is 5.26 Å². The average Bonchev–Trinajstić information content (AvgIpc) is 2.65. The Morgan fingerprint density at radius 2 is 1.81 bits per heavy atom. The molecule has 1 aromatic carbocycles. The number of esters is 1. The Morgan fingerprint density at radius 3 is 2.44 bits per heavy atom. The topological polar surface area (TPSA) is 88.4 Å². The predicted molar refractivity (Wildman–Crippen MR) is 101 cm³/mol. The molecule has 1 fully saturated rings. The Labute approximate surface area is 160 Å². The summed E-state index contributed by atoms with van der Waals surface area (Å²) in [6, 6.07) is 8.58. The molecule has 1 aromatic rings. The van der Waals surface area contributed by atoms with Crippen LogP contribution < -0.4 is 10.1 Å². The average molecular weight is 372 g/mol. The van der Waals surface area contributed by atoms with Crippen LogP contribution in [-0.4, -0.2) is 30.1 Å². The molecule has 1 saturated carbocycles. The molecule has 2 rings (SSSR count). The SMILES string of the molecule is C[C@@H]1[C@H](C)CCC[C@H]1NC(=O)[C@@H](C)OC(=O)[C@@H](C)Oc1ccc(C#N)cc1. The molecule has 0 saturated heterocycles. The number of carbonyl (C=O) groups excluding carboxylic acids is 2. The summed E-state index contributed by atoms with van der Waals surface area (Å²) in [5.74, 6) is 0.555. The van der Waals surface area contributed by atoms with Gasteiger partial charge in [0.2, 0.25) is 0 Å². The third-order valence-corrected chi connectivity index (χ3v) is 5.32. The molecule has 5 atom stereocenters. The number of nitrogens with one attached hydrogen (secondary N) is 1. The lowest BCUT2D eigenvalue weighted by Crippen LogP contribution is -2.48. The largest absolute Gasteiger partial charge is 0.479 e. The number of hydrogen-bond donors (Lipinski definition) is 1. The van der Waals surface area contributed by atoms with Gasteiger partial charge in [-0.3, -0.25) is 4.79 Å². The molecule has 0 heterocycles. The third-order valence-electron chi connectivity index (χ3n) is 5.32. The summed E-state index contributed by atoms with van der Waals surface area (Å²) in [5, 5.41) is 11.8. The van der Waals surface area contributed by atoms with E-state index >= 15 is 0 Å². The maximum absolute atomic E-state index is 12.4. The number of amides is 1. The van der Waals surface area contributed by atoms with Crippen molar-refractivity contribution in [3.63, 3.8) is 0 Å². The molecule has 1 aliphatic carbocycles. The van der Waals surface area contributed by atoms with Gasteiger partial charge < -0.3 is 14.8 Å². The highest BCUT2D eigenvalue weighted by atomic mass is 16.6. The fraction of sp³-hybridized carbons (Fsp3) is 0.571. The number of carbonyl (C=O) groups is 2.